The van der Waals surface area contributed by atoms with E-state index in [1.807, 2.05) is 44.2 Å². The van der Waals surface area contributed by atoms with E-state index in [0.29, 0.717) is 18.0 Å². The van der Waals surface area contributed by atoms with Crippen molar-refractivity contribution in [2.24, 2.45) is 5.92 Å². The number of para-hydroxylation sites is 1. The van der Waals surface area contributed by atoms with E-state index >= 15 is 0 Å². The zero-order valence-electron chi connectivity index (χ0n) is 12.6. The fourth-order valence-corrected chi connectivity index (χ4v) is 3.56. The summed E-state index contributed by atoms with van der Waals surface area (Å²) in [4.78, 5) is 0. The molecule has 0 aliphatic carbocycles. The van der Waals surface area contributed by atoms with Gasteiger partial charge in [0.1, 0.15) is 10.9 Å². The zero-order chi connectivity index (χ0) is 15.5. The van der Waals surface area contributed by atoms with Gasteiger partial charge in [-0.15, -0.1) is 5.10 Å². The minimum Gasteiger partial charge on any atom is -0.228 e. The summed E-state index contributed by atoms with van der Waals surface area (Å²) in [7, 11) is -3.19. The molecule has 1 heterocycles. The highest BCUT2D eigenvalue weighted by molar-refractivity contribution is 7.91. The molecular formula is C15H21N3O2S. The molecule has 1 aromatic heterocycles. The maximum atomic E-state index is 12.3. The van der Waals surface area contributed by atoms with Gasteiger partial charge in [-0.1, -0.05) is 37.3 Å². The lowest BCUT2D eigenvalue weighted by Gasteiger charge is -2.11. The number of rotatable bonds is 6. The van der Waals surface area contributed by atoms with E-state index in [9.17, 15) is 8.42 Å². The average Bonchev–Trinajstić information content (AvgIpc) is 2.95. The largest absolute Gasteiger partial charge is 0.228 e. The lowest BCUT2D eigenvalue weighted by atomic mass is 10.2. The summed E-state index contributed by atoms with van der Waals surface area (Å²) >= 11 is 0. The summed E-state index contributed by atoms with van der Waals surface area (Å²) in [6.45, 7) is 5.72. The van der Waals surface area contributed by atoms with Crippen LogP contribution in [0.3, 0.4) is 0 Å². The van der Waals surface area contributed by atoms with Crippen LogP contribution in [0.15, 0.2) is 36.5 Å². The fraction of sp³-hybridized carbons (Fsp3) is 0.467. The first kappa shape index (κ1) is 15.7. The molecule has 5 nitrogen and oxygen atoms in total. The molecule has 114 valence electrons. The van der Waals surface area contributed by atoms with Gasteiger partial charge in [0, 0.05) is 0 Å². The molecule has 1 unspecified atom stereocenters. The third-order valence-corrected chi connectivity index (χ3v) is 5.59. The van der Waals surface area contributed by atoms with Crippen LogP contribution in [0.2, 0.25) is 0 Å². The zero-order valence-corrected chi connectivity index (χ0v) is 13.4. The lowest BCUT2D eigenvalue weighted by molar-refractivity contribution is 0.564. The minimum absolute atomic E-state index is 0.185. The van der Waals surface area contributed by atoms with Crippen molar-refractivity contribution in [3.05, 3.63) is 42.2 Å². The second kappa shape index (κ2) is 6.39. The van der Waals surface area contributed by atoms with Crippen molar-refractivity contribution in [1.29, 1.82) is 0 Å². The van der Waals surface area contributed by atoms with Crippen LogP contribution in [-0.4, -0.2) is 29.2 Å². The number of nitrogens with zero attached hydrogens (tertiary/aromatic N) is 3. The Morgan fingerprint density at radius 3 is 2.43 bits per heavy atom. The van der Waals surface area contributed by atoms with Crippen molar-refractivity contribution in [2.45, 2.75) is 32.4 Å². The van der Waals surface area contributed by atoms with Gasteiger partial charge in [0.25, 0.3) is 0 Å². The average molecular weight is 307 g/mol. The third-order valence-electron chi connectivity index (χ3n) is 3.47. The van der Waals surface area contributed by atoms with Gasteiger partial charge in [-0.05, 0) is 31.4 Å². The number of hydrogen-bond donors (Lipinski definition) is 0. The smallest absolute Gasteiger partial charge is 0.158 e. The Bertz CT molecular complexity index is 678. The van der Waals surface area contributed by atoms with E-state index in [-0.39, 0.29) is 5.75 Å². The monoisotopic (exact) mass is 307 g/mol. The summed E-state index contributed by atoms with van der Waals surface area (Å²) in [5, 5.41) is 7.41. The lowest BCUT2D eigenvalue weighted by Crippen LogP contribution is -2.16. The van der Waals surface area contributed by atoms with Crippen LogP contribution >= 0.6 is 0 Å². The summed E-state index contributed by atoms with van der Waals surface area (Å²) < 4.78 is 26.2. The van der Waals surface area contributed by atoms with E-state index in [1.54, 1.807) is 17.8 Å². The van der Waals surface area contributed by atoms with Crippen molar-refractivity contribution < 1.29 is 8.42 Å². The Morgan fingerprint density at radius 1 is 1.14 bits per heavy atom. The molecule has 0 bridgehead atoms. The van der Waals surface area contributed by atoms with Crippen LogP contribution in [-0.2, 0) is 9.84 Å². The fourth-order valence-electron chi connectivity index (χ4n) is 1.93. The molecule has 0 spiro atoms. The SMILES string of the molecule is CC(C)CCS(=O)(=O)C(C)c1cn(-c2ccccc2)nn1. The van der Waals surface area contributed by atoms with E-state index < -0.39 is 15.1 Å². The summed E-state index contributed by atoms with van der Waals surface area (Å²) in [6, 6.07) is 9.52. The predicted octanol–water partition coefficient (Wildman–Crippen LogP) is 2.79. The Balaban J connectivity index is 2.17. The van der Waals surface area contributed by atoms with Crippen molar-refractivity contribution in [3.8, 4) is 5.69 Å². The standard InChI is InChI=1S/C15H21N3O2S/c1-12(2)9-10-21(19,20)13(3)15-11-18(17-16-15)14-7-5-4-6-8-14/h4-8,11-13H,9-10H2,1-3H3. The first-order valence-electron chi connectivity index (χ1n) is 7.09. The number of benzene rings is 1. The van der Waals surface area contributed by atoms with Crippen molar-refractivity contribution in [2.75, 3.05) is 5.75 Å². The van der Waals surface area contributed by atoms with Gasteiger partial charge in [-0.3, -0.25) is 0 Å². The van der Waals surface area contributed by atoms with Crippen LogP contribution < -0.4 is 0 Å². The van der Waals surface area contributed by atoms with Crippen LogP contribution in [0.4, 0.5) is 0 Å². The molecule has 2 aromatic rings. The van der Waals surface area contributed by atoms with Gasteiger partial charge in [-0.25, -0.2) is 13.1 Å². The van der Waals surface area contributed by atoms with E-state index in [2.05, 4.69) is 10.3 Å². The minimum atomic E-state index is -3.19. The molecule has 2 rings (SSSR count). The highest BCUT2D eigenvalue weighted by Gasteiger charge is 2.25. The molecule has 0 N–H and O–H groups in total. The van der Waals surface area contributed by atoms with Gasteiger partial charge >= 0.3 is 0 Å². The van der Waals surface area contributed by atoms with Crippen molar-refractivity contribution >= 4 is 9.84 Å². The highest BCUT2D eigenvalue weighted by Crippen LogP contribution is 2.22. The second-order valence-corrected chi connectivity index (χ2v) is 8.06. The molecule has 0 aliphatic heterocycles. The summed E-state index contributed by atoms with van der Waals surface area (Å²) in [5.41, 5.74) is 1.35. The van der Waals surface area contributed by atoms with Crippen molar-refractivity contribution in [1.82, 2.24) is 15.0 Å². The van der Waals surface area contributed by atoms with Gasteiger partial charge < -0.3 is 0 Å². The van der Waals surface area contributed by atoms with Gasteiger partial charge in [0.2, 0.25) is 0 Å². The van der Waals surface area contributed by atoms with Gasteiger partial charge in [0.05, 0.1) is 17.6 Å². The highest BCUT2D eigenvalue weighted by atomic mass is 32.2. The van der Waals surface area contributed by atoms with E-state index in [0.717, 1.165) is 5.69 Å². The number of sulfone groups is 1. The Labute approximate surface area is 125 Å². The molecule has 0 fully saturated rings. The Kier molecular flexibility index (Phi) is 4.77. The molecule has 21 heavy (non-hydrogen) atoms. The van der Waals surface area contributed by atoms with E-state index in [1.165, 1.54) is 0 Å². The molecule has 6 heteroatoms. The molecule has 0 radical (unpaired) electrons. The maximum absolute atomic E-state index is 12.3. The van der Waals surface area contributed by atoms with Crippen LogP contribution in [0, 0.1) is 5.92 Å². The third kappa shape index (κ3) is 3.91. The maximum Gasteiger partial charge on any atom is 0.158 e. The van der Waals surface area contributed by atoms with E-state index in [4.69, 9.17) is 0 Å². The Hall–Kier alpha value is -1.69. The first-order valence-corrected chi connectivity index (χ1v) is 8.81. The van der Waals surface area contributed by atoms with Crippen LogP contribution in [0.5, 0.6) is 0 Å². The van der Waals surface area contributed by atoms with Gasteiger partial charge in [0.15, 0.2) is 9.84 Å². The molecule has 0 aliphatic rings. The van der Waals surface area contributed by atoms with Gasteiger partial charge in [-0.2, -0.15) is 0 Å². The van der Waals surface area contributed by atoms with Crippen LogP contribution in [0.25, 0.3) is 5.69 Å². The molecule has 1 aromatic carbocycles. The summed E-state index contributed by atoms with van der Waals surface area (Å²) in [6.07, 6.45) is 2.35. The first-order chi connectivity index (χ1) is 9.90. The molecule has 0 saturated heterocycles. The molecule has 0 amide bonds. The normalized spacial score (nSPS) is 13.5. The molecule has 1 atom stereocenters. The summed E-state index contributed by atoms with van der Waals surface area (Å²) in [5.74, 6) is 0.552. The topological polar surface area (TPSA) is 64.8 Å². The molecule has 0 saturated carbocycles. The van der Waals surface area contributed by atoms with Crippen LogP contribution in [0.1, 0.15) is 38.1 Å². The molecular weight excluding hydrogens is 286 g/mol. The predicted molar refractivity (Wildman–Crippen MR) is 83.0 cm³/mol. The second-order valence-electron chi connectivity index (χ2n) is 5.62. The number of hydrogen-bond acceptors (Lipinski definition) is 4. The van der Waals surface area contributed by atoms with Crippen molar-refractivity contribution in [3.63, 3.8) is 0 Å². The number of aromatic nitrogens is 3. The Morgan fingerprint density at radius 2 is 1.81 bits per heavy atom. The quantitative estimate of drug-likeness (QED) is 0.823.